The monoisotopic (exact) mass is 321 g/mol. The van der Waals surface area contributed by atoms with Gasteiger partial charge in [-0.05, 0) is 31.5 Å². The van der Waals surface area contributed by atoms with Crippen molar-refractivity contribution in [2.75, 3.05) is 19.0 Å². The largest absolute Gasteiger partial charge is 0.371 e. The Hall–Kier alpha value is -0.690. The summed E-state index contributed by atoms with van der Waals surface area (Å²) in [7, 11) is -3.74. The molecule has 0 amide bonds. The molecule has 1 saturated heterocycles. The summed E-state index contributed by atoms with van der Waals surface area (Å²) in [6.07, 6.45) is -0.583. The molecule has 4 nitrogen and oxygen atoms in total. The highest BCUT2D eigenvalue weighted by Gasteiger charge is 2.34. The van der Waals surface area contributed by atoms with Crippen LogP contribution in [-0.2, 0) is 14.8 Å². The molecule has 0 bridgehead atoms. The van der Waals surface area contributed by atoms with E-state index in [1.54, 1.807) is 13.8 Å². The van der Waals surface area contributed by atoms with E-state index in [2.05, 4.69) is 0 Å². The van der Waals surface area contributed by atoms with Crippen LogP contribution in [0.3, 0.4) is 0 Å². The SMILES string of the molecule is Cc1ccc(F)cc1S(=O)(=O)N1CC(C)OC(CCl)C1. The molecule has 2 rings (SSSR count). The number of ether oxygens (including phenoxy) is 1. The molecule has 2 atom stereocenters. The molecule has 1 aromatic carbocycles. The highest BCUT2D eigenvalue weighted by molar-refractivity contribution is 7.89. The van der Waals surface area contributed by atoms with Crippen molar-refractivity contribution in [2.45, 2.75) is 31.0 Å². The molecular formula is C13H17ClFNO3S. The molecule has 7 heteroatoms. The summed E-state index contributed by atoms with van der Waals surface area (Å²) in [6, 6.07) is 3.77. The number of alkyl halides is 1. The number of sulfonamides is 1. The van der Waals surface area contributed by atoms with Gasteiger partial charge < -0.3 is 4.74 Å². The Morgan fingerprint density at radius 2 is 2.15 bits per heavy atom. The first kappa shape index (κ1) is 15.7. The Labute approximate surface area is 123 Å². The lowest BCUT2D eigenvalue weighted by Crippen LogP contribution is -2.49. The predicted molar refractivity (Wildman–Crippen MR) is 75.0 cm³/mol. The molecular weight excluding hydrogens is 305 g/mol. The Morgan fingerprint density at radius 3 is 2.80 bits per heavy atom. The lowest BCUT2D eigenvalue weighted by Gasteiger charge is -2.35. The molecule has 0 radical (unpaired) electrons. The minimum atomic E-state index is -3.74. The fourth-order valence-corrected chi connectivity index (χ4v) is 4.23. The van der Waals surface area contributed by atoms with Gasteiger partial charge in [-0.1, -0.05) is 6.07 Å². The molecule has 2 unspecified atom stereocenters. The van der Waals surface area contributed by atoms with Gasteiger partial charge in [0, 0.05) is 19.0 Å². The van der Waals surface area contributed by atoms with E-state index in [4.69, 9.17) is 16.3 Å². The summed E-state index contributed by atoms with van der Waals surface area (Å²) in [5.41, 5.74) is 0.521. The van der Waals surface area contributed by atoms with Crippen molar-refractivity contribution in [3.05, 3.63) is 29.6 Å². The summed E-state index contributed by atoms with van der Waals surface area (Å²) in [4.78, 5) is -0.0000718. The number of hydrogen-bond acceptors (Lipinski definition) is 3. The van der Waals surface area contributed by atoms with Crippen LogP contribution in [0.4, 0.5) is 4.39 Å². The first-order chi connectivity index (χ1) is 9.34. The van der Waals surface area contributed by atoms with Gasteiger partial charge in [0.25, 0.3) is 0 Å². The molecule has 0 saturated carbocycles. The van der Waals surface area contributed by atoms with Gasteiger partial charge in [0.15, 0.2) is 0 Å². The van der Waals surface area contributed by atoms with Crippen LogP contribution < -0.4 is 0 Å². The zero-order valence-electron chi connectivity index (χ0n) is 11.3. The highest BCUT2D eigenvalue weighted by atomic mass is 35.5. The van der Waals surface area contributed by atoms with Gasteiger partial charge in [-0.2, -0.15) is 4.31 Å². The van der Waals surface area contributed by atoms with Crippen LogP contribution in [0.1, 0.15) is 12.5 Å². The van der Waals surface area contributed by atoms with Crippen molar-refractivity contribution in [3.63, 3.8) is 0 Å². The Balaban J connectivity index is 2.36. The van der Waals surface area contributed by atoms with Crippen molar-refractivity contribution in [3.8, 4) is 0 Å². The van der Waals surface area contributed by atoms with Crippen molar-refractivity contribution in [1.29, 1.82) is 0 Å². The molecule has 1 heterocycles. The molecule has 1 fully saturated rings. The van der Waals surface area contributed by atoms with E-state index in [0.29, 0.717) is 5.56 Å². The van der Waals surface area contributed by atoms with Gasteiger partial charge in [-0.3, -0.25) is 0 Å². The van der Waals surface area contributed by atoms with Crippen molar-refractivity contribution in [2.24, 2.45) is 0 Å². The molecule has 1 aromatic rings. The predicted octanol–water partition coefficient (Wildman–Crippen LogP) is 2.15. The lowest BCUT2D eigenvalue weighted by atomic mass is 10.2. The lowest BCUT2D eigenvalue weighted by molar-refractivity contribution is -0.0423. The van der Waals surface area contributed by atoms with Crippen molar-refractivity contribution < 1.29 is 17.5 Å². The van der Waals surface area contributed by atoms with E-state index < -0.39 is 15.8 Å². The minimum Gasteiger partial charge on any atom is -0.371 e. The third-order valence-electron chi connectivity index (χ3n) is 3.23. The molecule has 20 heavy (non-hydrogen) atoms. The summed E-state index contributed by atoms with van der Waals surface area (Å²) in [5.74, 6) is -0.345. The topological polar surface area (TPSA) is 46.6 Å². The second kappa shape index (κ2) is 5.97. The van der Waals surface area contributed by atoms with Crippen molar-refractivity contribution >= 4 is 21.6 Å². The van der Waals surface area contributed by atoms with Crippen LogP contribution in [0, 0.1) is 12.7 Å². The van der Waals surface area contributed by atoms with Gasteiger partial charge in [0.05, 0.1) is 17.1 Å². The molecule has 0 aliphatic carbocycles. The number of nitrogens with zero attached hydrogens (tertiary/aromatic N) is 1. The zero-order valence-corrected chi connectivity index (χ0v) is 12.9. The maximum Gasteiger partial charge on any atom is 0.243 e. The molecule has 0 N–H and O–H groups in total. The zero-order chi connectivity index (χ0) is 14.9. The third-order valence-corrected chi connectivity index (χ3v) is 5.55. The fraction of sp³-hybridized carbons (Fsp3) is 0.538. The quantitative estimate of drug-likeness (QED) is 0.801. The maximum absolute atomic E-state index is 13.3. The number of hydrogen-bond donors (Lipinski definition) is 0. The van der Waals surface area contributed by atoms with Gasteiger partial charge in [0.2, 0.25) is 10.0 Å². The maximum atomic E-state index is 13.3. The number of halogens is 2. The summed E-state index contributed by atoms with van der Waals surface area (Å²) in [5, 5.41) is 0. The third kappa shape index (κ3) is 3.14. The van der Waals surface area contributed by atoms with E-state index in [9.17, 15) is 12.8 Å². The van der Waals surface area contributed by atoms with Gasteiger partial charge in [-0.15, -0.1) is 11.6 Å². The Kier molecular flexibility index (Phi) is 4.69. The van der Waals surface area contributed by atoms with Crippen LogP contribution in [0.2, 0.25) is 0 Å². The van der Waals surface area contributed by atoms with E-state index in [0.717, 1.165) is 6.07 Å². The van der Waals surface area contributed by atoms with Crippen LogP contribution in [-0.4, -0.2) is 43.9 Å². The molecule has 0 aromatic heterocycles. The highest BCUT2D eigenvalue weighted by Crippen LogP contribution is 2.24. The summed E-state index contributed by atoms with van der Waals surface area (Å²) in [6.45, 7) is 3.87. The van der Waals surface area contributed by atoms with E-state index in [1.807, 2.05) is 0 Å². The molecule has 1 aliphatic heterocycles. The minimum absolute atomic E-state index is 0.0000718. The van der Waals surface area contributed by atoms with Gasteiger partial charge in [0.1, 0.15) is 5.82 Å². The number of aryl methyl sites for hydroxylation is 1. The second-order valence-corrected chi connectivity index (χ2v) is 7.17. The van der Waals surface area contributed by atoms with Crippen LogP contribution in [0.5, 0.6) is 0 Å². The van der Waals surface area contributed by atoms with E-state index >= 15 is 0 Å². The molecule has 0 spiro atoms. The number of morpholine rings is 1. The van der Waals surface area contributed by atoms with E-state index in [-0.39, 0.29) is 36.1 Å². The normalized spacial score (nSPS) is 24.8. The number of rotatable bonds is 3. The molecule has 1 aliphatic rings. The Bertz CT molecular complexity index is 593. The van der Waals surface area contributed by atoms with Crippen LogP contribution >= 0.6 is 11.6 Å². The summed E-state index contributed by atoms with van der Waals surface area (Å²) < 4.78 is 45.4. The van der Waals surface area contributed by atoms with Gasteiger partial charge >= 0.3 is 0 Å². The first-order valence-electron chi connectivity index (χ1n) is 6.32. The fourth-order valence-electron chi connectivity index (χ4n) is 2.28. The second-order valence-electron chi connectivity index (χ2n) is 4.95. The average Bonchev–Trinajstić information content (AvgIpc) is 2.40. The van der Waals surface area contributed by atoms with E-state index in [1.165, 1.54) is 16.4 Å². The number of benzene rings is 1. The Morgan fingerprint density at radius 1 is 1.45 bits per heavy atom. The summed E-state index contributed by atoms with van der Waals surface area (Å²) >= 11 is 5.76. The first-order valence-corrected chi connectivity index (χ1v) is 8.29. The van der Waals surface area contributed by atoms with Crippen LogP contribution in [0.25, 0.3) is 0 Å². The smallest absolute Gasteiger partial charge is 0.243 e. The van der Waals surface area contributed by atoms with Crippen LogP contribution in [0.15, 0.2) is 23.1 Å². The molecule has 112 valence electrons. The van der Waals surface area contributed by atoms with Gasteiger partial charge in [-0.25, -0.2) is 12.8 Å². The average molecular weight is 322 g/mol. The van der Waals surface area contributed by atoms with Crippen molar-refractivity contribution in [1.82, 2.24) is 4.31 Å². The standard InChI is InChI=1S/C13H17ClFNO3S/c1-9-3-4-11(15)5-13(9)20(17,18)16-7-10(2)19-12(6-14)8-16/h3-5,10,12H,6-8H2,1-2H3.